The van der Waals surface area contributed by atoms with Gasteiger partial charge in [-0.05, 0) is 22.3 Å². The minimum Gasteiger partial charge on any atom is -0.494 e. The van der Waals surface area contributed by atoms with Gasteiger partial charge in [0.2, 0.25) is 5.91 Å². The topological polar surface area (TPSA) is 81.0 Å². The molecule has 0 bridgehead atoms. The lowest BCUT2D eigenvalue weighted by Crippen LogP contribution is -2.20. The van der Waals surface area contributed by atoms with Crippen molar-refractivity contribution < 1.29 is 13.9 Å². The van der Waals surface area contributed by atoms with Gasteiger partial charge in [-0.3, -0.25) is 4.79 Å². The number of nitrogens with two attached hydrogens (primary N) is 1. The van der Waals surface area contributed by atoms with Crippen molar-refractivity contribution in [3.63, 3.8) is 0 Å². The molecule has 5 nitrogen and oxygen atoms in total. The van der Waals surface area contributed by atoms with E-state index in [9.17, 15) is 9.18 Å². The molecule has 0 aliphatic heterocycles. The van der Waals surface area contributed by atoms with Crippen LogP contribution in [-0.4, -0.2) is 23.0 Å². The Bertz CT molecular complexity index is 1260. The number of primary amides is 1. The number of H-pyrrole nitrogens is 1. The van der Waals surface area contributed by atoms with E-state index in [0.29, 0.717) is 16.9 Å². The molecule has 1 atom stereocenters. The number of hydrogen-bond donors (Lipinski definition) is 2. The molecule has 0 fully saturated rings. The largest absolute Gasteiger partial charge is 0.494 e. The summed E-state index contributed by atoms with van der Waals surface area (Å²) in [5.74, 6) is -0.599. The molecule has 1 aliphatic carbocycles. The smallest absolute Gasteiger partial charge is 0.229 e. The Balaban J connectivity index is 1.77. The van der Waals surface area contributed by atoms with Crippen molar-refractivity contribution in [1.82, 2.24) is 9.97 Å². The van der Waals surface area contributed by atoms with Crippen molar-refractivity contribution in [3.8, 4) is 28.3 Å². The number of methoxy groups -OCH3 is 1. The summed E-state index contributed by atoms with van der Waals surface area (Å²) in [5.41, 5.74) is 11.3. The average Bonchev–Trinajstić information content (AvgIpc) is 3.25. The predicted molar refractivity (Wildman–Crippen MR) is 105 cm³/mol. The Morgan fingerprint density at radius 2 is 1.86 bits per heavy atom. The van der Waals surface area contributed by atoms with Gasteiger partial charge in [0.15, 0.2) is 11.6 Å². The maximum absolute atomic E-state index is 14.1. The second-order valence-electron chi connectivity index (χ2n) is 6.78. The number of amides is 1. The highest BCUT2D eigenvalue weighted by molar-refractivity contribution is 6.00. The van der Waals surface area contributed by atoms with Crippen LogP contribution in [0, 0.1) is 5.82 Å². The van der Waals surface area contributed by atoms with Gasteiger partial charge in [0, 0.05) is 17.7 Å². The normalized spacial score (nSPS) is 14.7. The van der Waals surface area contributed by atoms with Gasteiger partial charge < -0.3 is 15.5 Å². The number of benzene rings is 3. The van der Waals surface area contributed by atoms with Crippen LogP contribution in [0.2, 0.25) is 0 Å². The molecule has 28 heavy (non-hydrogen) atoms. The number of nitrogens with zero attached hydrogens (tertiary/aromatic N) is 1. The Kier molecular flexibility index (Phi) is 3.49. The first kappa shape index (κ1) is 16.5. The fourth-order valence-electron chi connectivity index (χ4n) is 4.05. The summed E-state index contributed by atoms with van der Waals surface area (Å²) in [6, 6.07) is 16.4. The zero-order valence-corrected chi connectivity index (χ0v) is 15.0. The molecule has 1 aliphatic rings. The summed E-state index contributed by atoms with van der Waals surface area (Å²) < 4.78 is 19.1. The third-order valence-electron chi connectivity index (χ3n) is 5.24. The van der Waals surface area contributed by atoms with Crippen LogP contribution in [0.4, 0.5) is 4.39 Å². The van der Waals surface area contributed by atoms with Crippen LogP contribution in [0.5, 0.6) is 5.75 Å². The van der Waals surface area contributed by atoms with Crippen molar-refractivity contribution in [2.45, 2.75) is 5.92 Å². The second-order valence-corrected chi connectivity index (χ2v) is 6.78. The lowest BCUT2D eigenvalue weighted by molar-refractivity contribution is -0.118. The molecule has 1 heterocycles. The van der Waals surface area contributed by atoms with Crippen LogP contribution in [-0.2, 0) is 4.79 Å². The number of carbonyl (C=O) groups is 1. The second kappa shape index (κ2) is 5.92. The van der Waals surface area contributed by atoms with E-state index in [4.69, 9.17) is 10.5 Å². The molecule has 4 aromatic rings. The maximum atomic E-state index is 14.1. The molecule has 1 aromatic heterocycles. The molecule has 0 unspecified atom stereocenters. The average molecular weight is 373 g/mol. The Hall–Kier alpha value is -3.67. The summed E-state index contributed by atoms with van der Waals surface area (Å²) in [6.07, 6.45) is 0. The van der Waals surface area contributed by atoms with Crippen LogP contribution in [0.1, 0.15) is 17.0 Å². The van der Waals surface area contributed by atoms with Gasteiger partial charge >= 0.3 is 0 Å². The summed E-state index contributed by atoms with van der Waals surface area (Å²) >= 11 is 0. The number of imidazole rings is 1. The molecule has 0 saturated heterocycles. The van der Waals surface area contributed by atoms with Gasteiger partial charge in [0.05, 0.1) is 24.1 Å². The molecule has 0 radical (unpaired) electrons. The van der Waals surface area contributed by atoms with Crippen LogP contribution in [0.25, 0.3) is 33.5 Å². The minimum absolute atomic E-state index is 0.153. The van der Waals surface area contributed by atoms with E-state index in [1.165, 1.54) is 13.2 Å². The van der Waals surface area contributed by atoms with Crippen LogP contribution < -0.4 is 10.5 Å². The molecular weight excluding hydrogens is 357 g/mol. The first-order valence-corrected chi connectivity index (χ1v) is 8.83. The molecule has 3 aromatic carbocycles. The van der Waals surface area contributed by atoms with Gasteiger partial charge in [-0.1, -0.05) is 42.5 Å². The summed E-state index contributed by atoms with van der Waals surface area (Å²) in [4.78, 5) is 20.0. The van der Waals surface area contributed by atoms with Crippen molar-refractivity contribution >= 4 is 16.9 Å². The number of aromatic nitrogens is 2. The zero-order chi connectivity index (χ0) is 19.4. The van der Waals surface area contributed by atoms with E-state index < -0.39 is 11.7 Å². The number of rotatable bonds is 3. The van der Waals surface area contributed by atoms with Gasteiger partial charge in [0.1, 0.15) is 5.82 Å². The zero-order valence-electron chi connectivity index (χ0n) is 15.0. The summed E-state index contributed by atoms with van der Waals surface area (Å²) in [6.45, 7) is 0. The van der Waals surface area contributed by atoms with E-state index in [0.717, 1.165) is 27.8 Å². The van der Waals surface area contributed by atoms with E-state index in [1.54, 1.807) is 6.07 Å². The highest BCUT2D eigenvalue weighted by atomic mass is 19.1. The predicted octanol–water partition coefficient (Wildman–Crippen LogP) is 3.98. The molecular formula is C22H16FN3O2. The maximum Gasteiger partial charge on any atom is 0.229 e. The molecule has 5 rings (SSSR count). The number of aromatic amines is 1. The quantitative estimate of drug-likeness (QED) is 0.570. The fraction of sp³-hybridized carbons (Fsp3) is 0.0909. The van der Waals surface area contributed by atoms with E-state index in [-0.39, 0.29) is 11.7 Å². The minimum atomic E-state index is -0.493. The van der Waals surface area contributed by atoms with Crippen molar-refractivity contribution in [1.29, 1.82) is 0 Å². The fourth-order valence-corrected chi connectivity index (χ4v) is 4.05. The number of hydrogen-bond acceptors (Lipinski definition) is 3. The van der Waals surface area contributed by atoms with Crippen LogP contribution in [0.3, 0.4) is 0 Å². The van der Waals surface area contributed by atoms with E-state index >= 15 is 0 Å². The third kappa shape index (κ3) is 2.24. The monoisotopic (exact) mass is 373 g/mol. The number of carbonyl (C=O) groups excluding carboxylic acids is 1. The van der Waals surface area contributed by atoms with Crippen LogP contribution >= 0.6 is 0 Å². The molecule has 138 valence electrons. The molecule has 0 spiro atoms. The number of halogens is 1. The first-order chi connectivity index (χ1) is 13.6. The Morgan fingerprint density at radius 1 is 1.11 bits per heavy atom. The molecule has 0 saturated carbocycles. The van der Waals surface area contributed by atoms with Crippen molar-refractivity contribution in [2.24, 2.45) is 5.73 Å². The van der Waals surface area contributed by atoms with Crippen molar-refractivity contribution in [2.75, 3.05) is 7.11 Å². The highest BCUT2D eigenvalue weighted by Crippen LogP contribution is 2.48. The highest BCUT2D eigenvalue weighted by Gasteiger charge is 2.34. The van der Waals surface area contributed by atoms with Gasteiger partial charge in [-0.15, -0.1) is 0 Å². The van der Waals surface area contributed by atoms with E-state index in [2.05, 4.69) is 9.97 Å². The van der Waals surface area contributed by atoms with E-state index in [1.807, 2.05) is 42.5 Å². The van der Waals surface area contributed by atoms with Gasteiger partial charge in [0.25, 0.3) is 0 Å². The van der Waals surface area contributed by atoms with Crippen molar-refractivity contribution in [3.05, 3.63) is 71.5 Å². The number of ether oxygens (including phenoxy) is 1. The van der Waals surface area contributed by atoms with Gasteiger partial charge in [-0.2, -0.15) is 0 Å². The summed E-state index contributed by atoms with van der Waals surface area (Å²) in [7, 11) is 1.42. The summed E-state index contributed by atoms with van der Waals surface area (Å²) in [5, 5.41) is 0. The third-order valence-corrected chi connectivity index (χ3v) is 5.24. The number of nitrogens with one attached hydrogen (secondary N) is 1. The SMILES string of the molecule is COc1cc2[nH]c(-c3cccc4c3-c3ccccc3[C@H]4C(N)=O)nc2cc1F. The lowest BCUT2D eigenvalue weighted by Gasteiger charge is -2.09. The number of fused-ring (bicyclic) bond motifs is 4. The molecule has 6 heteroatoms. The lowest BCUT2D eigenvalue weighted by atomic mass is 9.95. The Morgan fingerprint density at radius 3 is 2.64 bits per heavy atom. The van der Waals surface area contributed by atoms with Crippen LogP contribution in [0.15, 0.2) is 54.6 Å². The standard InChI is InChI=1S/C22H16FN3O2/c1-28-18-10-17-16(9-15(18)23)25-22(26-17)14-8-4-7-13-19(14)11-5-2-3-6-12(11)20(13)21(24)27/h2-10,20H,1H3,(H2,24,27)(H,25,26)/t20-/m1/s1. The molecule has 1 amide bonds. The molecule has 3 N–H and O–H groups in total. The van der Waals surface area contributed by atoms with Gasteiger partial charge in [-0.25, -0.2) is 9.37 Å². The Labute approximate surface area is 160 Å². The first-order valence-electron chi connectivity index (χ1n) is 8.83.